The van der Waals surface area contributed by atoms with Crippen LogP contribution in [0.4, 0.5) is 0 Å². The number of esters is 2. The van der Waals surface area contributed by atoms with Crippen molar-refractivity contribution in [2.75, 3.05) is 13.2 Å². The van der Waals surface area contributed by atoms with Gasteiger partial charge in [0.05, 0.1) is 18.4 Å². The Balaban J connectivity index is 1.57. The summed E-state index contributed by atoms with van der Waals surface area (Å²) >= 11 is 7.22. The average Bonchev–Trinajstić information content (AvgIpc) is 3.40. The molecule has 0 spiro atoms. The Kier molecular flexibility index (Phi) is 6.95. The molecule has 5 aliphatic rings. The fraction of sp³-hybridized carbons (Fsp3) is 0.733. The van der Waals surface area contributed by atoms with Crippen molar-refractivity contribution >= 4 is 35.0 Å². The topological polar surface area (TPSA) is 102 Å². The molecular weight excluding hydrogens is 506 g/mol. The quantitative estimate of drug-likeness (QED) is 0.387. The molecule has 0 aromatic rings. The number of halogens is 1. The average molecular weight is 546 g/mol. The van der Waals surface area contributed by atoms with Crippen LogP contribution in [0.5, 0.6) is 0 Å². The maximum absolute atomic E-state index is 14.0. The third kappa shape index (κ3) is 3.78. The number of hydrogen-bond donors (Lipinski definition) is 1. The van der Waals surface area contributed by atoms with Gasteiger partial charge in [-0.2, -0.15) is 0 Å². The van der Waals surface area contributed by atoms with E-state index < -0.39 is 41.4 Å². The van der Waals surface area contributed by atoms with E-state index in [1.165, 1.54) is 11.1 Å². The van der Waals surface area contributed by atoms with Crippen molar-refractivity contribution in [2.24, 2.45) is 39.5 Å². The Bertz CT molecular complexity index is 1140. The first-order valence-electron chi connectivity index (χ1n) is 14.1. The van der Waals surface area contributed by atoms with Gasteiger partial charge < -0.3 is 14.6 Å². The minimum Gasteiger partial charge on any atom is -0.457 e. The molecule has 0 aromatic carbocycles. The molecule has 0 bridgehead atoms. The van der Waals surface area contributed by atoms with Crippen LogP contribution in [0.3, 0.4) is 0 Å². The zero-order chi connectivity index (χ0) is 27.6. The standard InChI is InChI=1S/C30H40ClNO6/c1-6-24(35)37-15-23(34)30(38-25(36)7-2)16(3)10-19-26-20(31)11-18-12-21-17(8-9-32-21)13-28(18,4)27(26)22(33)14-29(19,30)5/h8,12,16,19-20,22,26-27,33H,6-7,9-11,13-15H2,1-5H3/t16-,19+,20-,22+,26-,27+,28+,29+,30?/m1/s1. The van der Waals surface area contributed by atoms with E-state index >= 15 is 0 Å². The van der Waals surface area contributed by atoms with Crippen LogP contribution in [-0.4, -0.2) is 58.8 Å². The summed E-state index contributed by atoms with van der Waals surface area (Å²) in [5.74, 6) is -1.88. The number of carbonyl (C=O) groups excluding carboxylic acids is 3. The number of aliphatic hydroxyl groups excluding tert-OH is 1. The van der Waals surface area contributed by atoms with Crippen LogP contribution in [-0.2, 0) is 23.9 Å². The number of aliphatic imine (C=N–C) groups is 1. The number of allylic oxidation sites excluding steroid dienone is 3. The van der Waals surface area contributed by atoms with Gasteiger partial charge in [0.15, 0.2) is 12.2 Å². The highest BCUT2D eigenvalue weighted by atomic mass is 35.5. The number of nitrogens with zero attached hydrogens (tertiary/aromatic N) is 1. The minimum atomic E-state index is -1.50. The summed E-state index contributed by atoms with van der Waals surface area (Å²) in [4.78, 5) is 43.4. The van der Waals surface area contributed by atoms with E-state index in [2.05, 4.69) is 24.1 Å². The first-order chi connectivity index (χ1) is 17.9. The zero-order valence-electron chi connectivity index (χ0n) is 23.1. The lowest BCUT2D eigenvalue weighted by Crippen LogP contribution is -2.65. The maximum atomic E-state index is 14.0. The summed E-state index contributed by atoms with van der Waals surface area (Å²) in [6.45, 7) is 9.78. The van der Waals surface area contributed by atoms with E-state index in [-0.39, 0.29) is 47.3 Å². The Labute approximate surface area is 230 Å². The van der Waals surface area contributed by atoms with Gasteiger partial charge in [-0.25, -0.2) is 0 Å². The summed E-state index contributed by atoms with van der Waals surface area (Å²) in [5.41, 5.74) is 0.910. The number of carbonyl (C=O) groups is 3. The lowest BCUT2D eigenvalue weighted by Gasteiger charge is -2.62. The minimum absolute atomic E-state index is 0.0464. The maximum Gasteiger partial charge on any atom is 0.306 e. The normalized spacial score (nSPS) is 43.0. The van der Waals surface area contributed by atoms with E-state index in [9.17, 15) is 19.5 Å². The lowest BCUT2D eigenvalue weighted by atomic mass is 9.45. The second-order valence-electron chi connectivity index (χ2n) is 12.5. The molecule has 1 N–H and O–H groups in total. The molecule has 1 aliphatic heterocycles. The van der Waals surface area contributed by atoms with Gasteiger partial charge in [-0.1, -0.05) is 46.3 Å². The number of ether oxygens (including phenoxy) is 2. The van der Waals surface area contributed by atoms with Gasteiger partial charge in [-0.3, -0.25) is 19.4 Å². The molecule has 0 saturated heterocycles. The largest absolute Gasteiger partial charge is 0.457 e. The van der Waals surface area contributed by atoms with Gasteiger partial charge in [0.1, 0.15) is 0 Å². The van der Waals surface area contributed by atoms with Crippen LogP contribution in [0.1, 0.15) is 73.1 Å². The second kappa shape index (κ2) is 9.58. The van der Waals surface area contributed by atoms with Gasteiger partial charge in [0.2, 0.25) is 5.78 Å². The number of alkyl halides is 1. The summed E-state index contributed by atoms with van der Waals surface area (Å²) < 4.78 is 11.4. The molecule has 0 aromatic heterocycles. The van der Waals surface area contributed by atoms with Crippen molar-refractivity contribution in [2.45, 2.75) is 90.2 Å². The number of ketones is 1. The molecule has 208 valence electrons. The summed E-state index contributed by atoms with van der Waals surface area (Å²) in [6.07, 6.45) is 6.36. The van der Waals surface area contributed by atoms with Crippen LogP contribution in [0.25, 0.3) is 0 Å². The molecule has 3 fully saturated rings. The first-order valence-corrected chi connectivity index (χ1v) is 14.5. The molecule has 5 rings (SSSR count). The van der Waals surface area contributed by atoms with E-state index in [4.69, 9.17) is 21.1 Å². The second-order valence-corrected chi connectivity index (χ2v) is 13.0. The summed E-state index contributed by atoms with van der Waals surface area (Å²) in [7, 11) is 0. The molecule has 0 amide bonds. The van der Waals surface area contributed by atoms with E-state index in [1.54, 1.807) is 13.8 Å². The van der Waals surface area contributed by atoms with Crippen molar-refractivity contribution < 1.29 is 29.0 Å². The molecule has 4 aliphatic carbocycles. The molecular formula is C30H40ClNO6. The van der Waals surface area contributed by atoms with E-state index in [0.29, 0.717) is 25.8 Å². The fourth-order valence-corrected chi connectivity index (χ4v) is 9.47. The number of aliphatic hydroxyl groups is 1. The van der Waals surface area contributed by atoms with Gasteiger partial charge in [-0.15, -0.1) is 11.6 Å². The predicted octanol–water partition coefficient (Wildman–Crippen LogP) is 4.59. The predicted molar refractivity (Wildman–Crippen MR) is 144 cm³/mol. The zero-order valence-corrected chi connectivity index (χ0v) is 23.8. The van der Waals surface area contributed by atoms with Crippen molar-refractivity contribution in [3.05, 3.63) is 23.3 Å². The molecule has 3 saturated carbocycles. The molecule has 0 radical (unpaired) electrons. The van der Waals surface area contributed by atoms with E-state index in [1.807, 2.05) is 13.8 Å². The van der Waals surface area contributed by atoms with Crippen LogP contribution in [0.2, 0.25) is 0 Å². The smallest absolute Gasteiger partial charge is 0.306 e. The summed E-state index contributed by atoms with van der Waals surface area (Å²) in [5, 5.41) is 11.7. The highest BCUT2D eigenvalue weighted by molar-refractivity contribution is 6.21. The van der Waals surface area contributed by atoms with Gasteiger partial charge >= 0.3 is 11.9 Å². The number of fused-ring (bicyclic) bond motifs is 6. The van der Waals surface area contributed by atoms with Crippen molar-refractivity contribution in [1.29, 1.82) is 0 Å². The van der Waals surface area contributed by atoms with Crippen molar-refractivity contribution in [3.8, 4) is 0 Å². The molecule has 8 heteroatoms. The van der Waals surface area contributed by atoms with Gasteiger partial charge in [0, 0.05) is 29.6 Å². The van der Waals surface area contributed by atoms with Gasteiger partial charge in [0.25, 0.3) is 0 Å². The molecule has 38 heavy (non-hydrogen) atoms. The van der Waals surface area contributed by atoms with Crippen LogP contribution in [0.15, 0.2) is 28.3 Å². The Morgan fingerprint density at radius 2 is 1.89 bits per heavy atom. The molecule has 9 atom stereocenters. The van der Waals surface area contributed by atoms with Crippen molar-refractivity contribution in [3.63, 3.8) is 0 Å². The van der Waals surface area contributed by atoms with Crippen LogP contribution in [0, 0.1) is 34.5 Å². The SMILES string of the molecule is CCC(=O)OCC(=O)C1(OC(=O)CC)[C@H](C)C[C@H]2[C@H]3[C@H]([C@@H](O)C[C@@]21C)[C@@]1(C)CC2=CCN=C2C=C1C[C@H]3Cl. The van der Waals surface area contributed by atoms with Gasteiger partial charge in [-0.05, 0) is 60.5 Å². The third-order valence-corrected chi connectivity index (χ3v) is 11.1. The molecule has 1 unspecified atom stereocenters. The first kappa shape index (κ1) is 27.6. The summed E-state index contributed by atoms with van der Waals surface area (Å²) in [6, 6.07) is 0. The Hall–Kier alpha value is -1.99. The molecule has 7 nitrogen and oxygen atoms in total. The highest BCUT2D eigenvalue weighted by Crippen LogP contribution is 2.70. The van der Waals surface area contributed by atoms with E-state index in [0.717, 1.165) is 12.1 Å². The Morgan fingerprint density at radius 1 is 1.18 bits per heavy atom. The molecule has 1 heterocycles. The number of hydrogen-bond acceptors (Lipinski definition) is 7. The van der Waals surface area contributed by atoms with Crippen LogP contribution >= 0.6 is 11.6 Å². The fourth-order valence-electron chi connectivity index (χ4n) is 8.97. The Morgan fingerprint density at radius 3 is 2.58 bits per heavy atom. The van der Waals surface area contributed by atoms with Crippen molar-refractivity contribution in [1.82, 2.24) is 0 Å². The number of Topliss-reactive ketones (excluding diaryl/α,β-unsaturated/α-hetero) is 1. The third-order valence-electron chi connectivity index (χ3n) is 10.6. The monoisotopic (exact) mass is 545 g/mol. The lowest BCUT2D eigenvalue weighted by molar-refractivity contribution is -0.207. The number of rotatable bonds is 6. The highest BCUT2D eigenvalue weighted by Gasteiger charge is 2.74. The van der Waals surface area contributed by atoms with Crippen LogP contribution < -0.4 is 0 Å².